The van der Waals surface area contributed by atoms with Gasteiger partial charge < -0.3 is 19.5 Å². The van der Waals surface area contributed by atoms with E-state index in [-0.39, 0.29) is 17.0 Å². The number of para-hydroxylation sites is 1. The molecule has 9 nitrogen and oxygen atoms in total. The van der Waals surface area contributed by atoms with Gasteiger partial charge in [0.25, 0.3) is 11.6 Å². The SMILES string of the molecule is Cc1cc(NC(=O)COC(=O)COc2cccc3c2OC(C)(C)C3)c([N+](=O)[O-])cc1C. The van der Waals surface area contributed by atoms with Crippen LogP contribution in [0.2, 0.25) is 0 Å². The van der Waals surface area contributed by atoms with E-state index in [1.165, 1.54) is 12.1 Å². The number of aryl methyl sites for hydroxylation is 2. The largest absolute Gasteiger partial charge is 0.483 e. The molecule has 0 bridgehead atoms. The minimum absolute atomic E-state index is 0.0463. The number of rotatable bonds is 7. The first kappa shape index (κ1) is 22.1. The molecule has 31 heavy (non-hydrogen) atoms. The molecule has 0 aliphatic carbocycles. The summed E-state index contributed by atoms with van der Waals surface area (Å²) in [6.45, 7) is 6.44. The molecule has 2 aromatic carbocycles. The van der Waals surface area contributed by atoms with Gasteiger partial charge in [-0.15, -0.1) is 0 Å². The molecule has 0 spiro atoms. The Morgan fingerprint density at radius 3 is 2.61 bits per heavy atom. The number of amides is 1. The summed E-state index contributed by atoms with van der Waals surface area (Å²) in [6, 6.07) is 8.33. The van der Waals surface area contributed by atoms with Gasteiger partial charge in [-0.05, 0) is 51.0 Å². The summed E-state index contributed by atoms with van der Waals surface area (Å²) in [5, 5.41) is 13.6. The van der Waals surface area contributed by atoms with Crippen LogP contribution in [0.1, 0.15) is 30.5 Å². The summed E-state index contributed by atoms with van der Waals surface area (Å²) in [5.74, 6) is -0.416. The predicted molar refractivity (Wildman–Crippen MR) is 113 cm³/mol. The van der Waals surface area contributed by atoms with Gasteiger partial charge in [0.15, 0.2) is 24.7 Å². The smallest absolute Gasteiger partial charge is 0.344 e. The zero-order valence-electron chi connectivity index (χ0n) is 17.8. The first-order valence-corrected chi connectivity index (χ1v) is 9.70. The molecule has 1 N–H and O–H groups in total. The van der Waals surface area contributed by atoms with E-state index in [0.29, 0.717) is 11.5 Å². The zero-order chi connectivity index (χ0) is 22.8. The van der Waals surface area contributed by atoms with Crippen LogP contribution in [0.25, 0.3) is 0 Å². The molecular weight excluding hydrogens is 404 g/mol. The highest BCUT2D eigenvalue weighted by atomic mass is 16.6. The highest BCUT2D eigenvalue weighted by molar-refractivity contribution is 5.95. The van der Waals surface area contributed by atoms with Crippen LogP contribution in [0.5, 0.6) is 11.5 Å². The van der Waals surface area contributed by atoms with E-state index in [4.69, 9.17) is 14.2 Å². The average Bonchev–Trinajstić information content (AvgIpc) is 3.01. The Labute approximate surface area is 179 Å². The average molecular weight is 428 g/mol. The van der Waals surface area contributed by atoms with Crippen molar-refractivity contribution in [2.75, 3.05) is 18.5 Å². The molecule has 0 unspecified atom stereocenters. The fourth-order valence-electron chi connectivity index (χ4n) is 3.26. The van der Waals surface area contributed by atoms with Crippen LogP contribution in [-0.2, 0) is 20.7 Å². The molecule has 1 aliphatic heterocycles. The van der Waals surface area contributed by atoms with Crippen molar-refractivity contribution >= 4 is 23.3 Å². The maximum absolute atomic E-state index is 12.1. The lowest BCUT2D eigenvalue weighted by Gasteiger charge is -2.18. The number of fused-ring (bicyclic) bond motifs is 1. The standard InChI is InChI=1S/C22H24N2O7/c1-13-8-16(17(24(27)28)9-14(13)2)23-19(25)11-30-20(26)12-29-18-7-5-6-15-10-22(3,4)31-21(15)18/h5-9H,10-12H2,1-4H3,(H,23,25). The molecule has 1 amide bonds. The fraction of sp³-hybridized carbons (Fsp3) is 0.364. The van der Waals surface area contributed by atoms with Crippen molar-refractivity contribution in [2.24, 2.45) is 0 Å². The van der Waals surface area contributed by atoms with Gasteiger partial charge in [-0.2, -0.15) is 0 Å². The number of anilines is 1. The molecule has 2 aromatic rings. The van der Waals surface area contributed by atoms with Gasteiger partial charge in [0.2, 0.25) is 0 Å². The van der Waals surface area contributed by atoms with Crippen molar-refractivity contribution in [2.45, 2.75) is 39.7 Å². The number of esters is 1. The first-order chi connectivity index (χ1) is 14.6. The third-order valence-corrected chi connectivity index (χ3v) is 4.85. The Morgan fingerprint density at radius 2 is 1.90 bits per heavy atom. The molecule has 1 aliphatic rings. The van der Waals surface area contributed by atoms with Gasteiger partial charge in [0, 0.05) is 18.1 Å². The molecule has 3 rings (SSSR count). The number of nitrogens with one attached hydrogen (secondary N) is 1. The van der Waals surface area contributed by atoms with Gasteiger partial charge in [-0.25, -0.2) is 4.79 Å². The van der Waals surface area contributed by atoms with Gasteiger partial charge in [-0.1, -0.05) is 12.1 Å². The van der Waals surface area contributed by atoms with Crippen molar-refractivity contribution in [3.8, 4) is 11.5 Å². The Kier molecular flexibility index (Phi) is 6.14. The van der Waals surface area contributed by atoms with Crippen molar-refractivity contribution in [1.82, 2.24) is 0 Å². The fourth-order valence-corrected chi connectivity index (χ4v) is 3.26. The van der Waals surface area contributed by atoms with Crippen molar-refractivity contribution in [3.63, 3.8) is 0 Å². The Hall–Kier alpha value is -3.62. The second-order valence-corrected chi connectivity index (χ2v) is 7.99. The number of benzene rings is 2. The van der Waals surface area contributed by atoms with Crippen LogP contribution in [0, 0.1) is 24.0 Å². The minimum atomic E-state index is -0.750. The first-order valence-electron chi connectivity index (χ1n) is 9.70. The summed E-state index contributed by atoms with van der Waals surface area (Å²) in [4.78, 5) is 34.7. The van der Waals surface area contributed by atoms with E-state index in [9.17, 15) is 19.7 Å². The Morgan fingerprint density at radius 1 is 1.19 bits per heavy atom. The highest BCUT2D eigenvalue weighted by Gasteiger charge is 2.32. The molecule has 1 heterocycles. The third kappa shape index (κ3) is 5.30. The quantitative estimate of drug-likeness (QED) is 0.407. The van der Waals surface area contributed by atoms with Crippen LogP contribution >= 0.6 is 0 Å². The highest BCUT2D eigenvalue weighted by Crippen LogP contribution is 2.41. The van der Waals surface area contributed by atoms with Crippen LogP contribution in [-0.4, -0.2) is 35.6 Å². The van der Waals surface area contributed by atoms with E-state index in [0.717, 1.165) is 23.1 Å². The minimum Gasteiger partial charge on any atom is -0.483 e. The molecule has 0 radical (unpaired) electrons. The zero-order valence-corrected chi connectivity index (χ0v) is 17.8. The number of carbonyl (C=O) groups is 2. The molecule has 0 aromatic heterocycles. The van der Waals surface area contributed by atoms with Gasteiger partial charge in [0.1, 0.15) is 11.3 Å². The number of nitro groups is 1. The van der Waals surface area contributed by atoms with Crippen LogP contribution in [0.3, 0.4) is 0 Å². The number of ether oxygens (including phenoxy) is 3. The summed E-state index contributed by atoms with van der Waals surface area (Å²) >= 11 is 0. The Balaban J connectivity index is 1.54. The number of carbonyl (C=O) groups excluding carboxylic acids is 2. The van der Waals surface area contributed by atoms with E-state index < -0.39 is 30.0 Å². The predicted octanol–water partition coefficient (Wildman–Crippen LogP) is 3.49. The lowest BCUT2D eigenvalue weighted by molar-refractivity contribution is -0.384. The monoisotopic (exact) mass is 428 g/mol. The van der Waals surface area contributed by atoms with Crippen molar-refractivity contribution in [3.05, 3.63) is 57.1 Å². The summed E-state index contributed by atoms with van der Waals surface area (Å²) in [6.07, 6.45) is 0.731. The number of nitrogens with zero attached hydrogens (tertiary/aromatic N) is 1. The topological polar surface area (TPSA) is 117 Å². The van der Waals surface area contributed by atoms with E-state index in [1.807, 2.05) is 26.0 Å². The van der Waals surface area contributed by atoms with Crippen LogP contribution in [0.15, 0.2) is 30.3 Å². The van der Waals surface area contributed by atoms with E-state index >= 15 is 0 Å². The maximum atomic E-state index is 12.1. The molecule has 0 atom stereocenters. The Bertz CT molecular complexity index is 1050. The van der Waals surface area contributed by atoms with Gasteiger partial charge in [-0.3, -0.25) is 14.9 Å². The van der Waals surface area contributed by atoms with Crippen molar-refractivity contribution in [1.29, 1.82) is 0 Å². The van der Waals surface area contributed by atoms with Crippen molar-refractivity contribution < 1.29 is 28.7 Å². The van der Waals surface area contributed by atoms with Crippen LogP contribution < -0.4 is 14.8 Å². The maximum Gasteiger partial charge on any atom is 0.344 e. The molecule has 164 valence electrons. The summed E-state index contributed by atoms with van der Waals surface area (Å²) in [5.41, 5.74) is 1.97. The summed E-state index contributed by atoms with van der Waals surface area (Å²) in [7, 11) is 0. The molecule has 0 saturated heterocycles. The number of hydrogen-bond acceptors (Lipinski definition) is 7. The normalized spacial score (nSPS) is 13.7. The number of nitro benzene ring substituents is 1. The second-order valence-electron chi connectivity index (χ2n) is 7.99. The van der Waals surface area contributed by atoms with Gasteiger partial charge >= 0.3 is 5.97 Å². The van der Waals surface area contributed by atoms with Crippen LogP contribution in [0.4, 0.5) is 11.4 Å². The second kappa shape index (κ2) is 8.63. The van der Waals surface area contributed by atoms with Gasteiger partial charge in [0.05, 0.1) is 4.92 Å². The molecule has 9 heteroatoms. The molecule has 0 fully saturated rings. The third-order valence-electron chi connectivity index (χ3n) is 4.85. The lowest BCUT2D eigenvalue weighted by Crippen LogP contribution is -2.25. The molecule has 0 saturated carbocycles. The van der Waals surface area contributed by atoms with E-state index in [1.54, 1.807) is 19.9 Å². The number of hydrogen-bond donors (Lipinski definition) is 1. The lowest BCUT2D eigenvalue weighted by atomic mass is 10.0. The summed E-state index contributed by atoms with van der Waals surface area (Å²) < 4.78 is 16.3. The van der Waals surface area contributed by atoms with E-state index in [2.05, 4.69) is 5.32 Å². The molecular formula is C22H24N2O7.